The quantitative estimate of drug-likeness (QED) is 0.268. The summed E-state index contributed by atoms with van der Waals surface area (Å²) in [6.45, 7) is 12.8. The Bertz CT molecular complexity index is 1440. The molecule has 2 aromatic carbocycles. The van der Waals surface area contributed by atoms with Crippen molar-refractivity contribution in [3.8, 4) is 18.2 Å². The Morgan fingerprint density at radius 1 is 1.00 bits per heavy atom. The van der Waals surface area contributed by atoms with Gasteiger partial charge in [0.25, 0.3) is 5.91 Å². The van der Waals surface area contributed by atoms with E-state index in [2.05, 4.69) is 38.8 Å². The van der Waals surface area contributed by atoms with Crippen molar-refractivity contribution in [3.05, 3.63) is 94.2 Å². The Hall–Kier alpha value is -4.42. The van der Waals surface area contributed by atoms with Crippen molar-refractivity contribution in [1.82, 2.24) is 4.90 Å². The lowest BCUT2D eigenvalue weighted by molar-refractivity contribution is -0.124. The lowest BCUT2D eigenvalue weighted by atomic mass is 10.1. The highest BCUT2D eigenvalue weighted by Gasteiger charge is 2.37. The van der Waals surface area contributed by atoms with Gasteiger partial charge in [-0.25, -0.2) is 0 Å². The van der Waals surface area contributed by atoms with Crippen LogP contribution in [0.15, 0.2) is 83.1 Å². The molecular formula is C32H35N5O2Si. The third-order valence-electron chi connectivity index (χ3n) is 7.48. The van der Waals surface area contributed by atoms with Crippen LogP contribution in [0.25, 0.3) is 6.08 Å². The first kappa shape index (κ1) is 30.1. The summed E-state index contributed by atoms with van der Waals surface area (Å²) >= 11 is 0. The Morgan fingerprint density at radius 2 is 1.62 bits per heavy atom. The molecule has 204 valence electrons. The number of hydrogen-bond acceptors (Lipinski definition) is 6. The second-order valence-electron chi connectivity index (χ2n) is 11.2. The molecular weight excluding hydrogens is 514 g/mol. The summed E-state index contributed by atoms with van der Waals surface area (Å²) in [6, 6.07) is 22.9. The summed E-state index contributed by atoms with van der Waals surface area (Å²) in [5.74, 6) is -0.423. The van der Waals surface area contributed by atoms with Crippen molar-refractivity contribution in [2.75, 3.05) is 25.1 Å². The Morgan fingerprint density at radius 3 is 2.17 bits per heavy atom. The molecule has 1 aliphatic rings. The smallest absolute Gasteiger partial charge is 0.260 e. The third-order valence-corrected chi connectivity index (χ3v) is 12.0. The maximum absolute atomic E-state index is 13.4. The van der Waals surface area contributed by atoms with Crippen molar-refractivity contribution < 1.29 is 9.22 Å². The van der Waals surface area contributed by atoms with E-state index in [-0.39, 0.29) is 34.0 Å². The molecule has 0 saturated heterocycles. The minimum absolute atomic E-state index is 0.0216. The van der Waals surface area contributed by atoms with E-state index in [1.807, 2.05) is 79.9 Å². The van der Waals surface area contributed by atoms with Crippen LogP contribution >= 0.6 is 0 Å². The minimum atomic E-state index is -1.80. The van der Waals surface area contributed by atoms with E-state index in [0.717, 1.165) is 23.4 Å². The van der Waals surface area contributed by atoms with Crippen LogP contribution in [0.1, 0.15) is 31.9 Å². The first-order valence-electron chi connectivity index (χ1n) is 13.1. The van der Waals surface area contributed by atoms with Gasteiger partial charge in [0.2, 0.25) is 0 Å². The van der Waals surface area contributed by atoms with Gasteiger partial charge in [-0.05, 0) is 47.5 Å². The van der Waals surface area contributed by atoms with Gasteiger partial charge in [-0.3, -0.25) is 4.79 Å². The molecule has 0 aliphatic carbocycles. The molecule has 0 fully saturated rings. The number of hydrogen-bond donors (Lipinski definition) is 0. The van der Waals surface area contributed by atoms with Crippen LogP contribution in [-0.2, 0) is 15.8 Å². The van der Waals surface area contributed by atoms with E-state index in [1.54, 1.807) is 12.2 Å². The SMILES string of the molecule is CN(CCO[Si](C)(C)C(C)(C)C)c1ccc(/C=C/C2=C(C#N)C(=C(C#N)C#N)N(Cc3ccccc3)C2=O)cc1. The van der Waals surface area contributed by atoms with E-state index in [1.165, 1.54) is 4.90 Å². The first-order chi connectivity index (χ1) is 18.9. The van der Waals surface area contributed by atoms with Gasteiger partial charge >= 0.3 is 0 Å². The third kappa shape index (κ3) is 6.76. The van der Waals surface area contributed by atoms with Crippen LogP contribution in [0.3, 0.4) is 0 Å². The van der Waals surface area contributed by atoms with Crippen LogP contribution in [0.5, 0.6) is 0 Å². The fraction of sp³-hybridized carbons (Fsp3) is 0.312. The van der Waals surface area contributed by atoms with Crippen molar-refractivity contribution in [2.45, 2.75) is 45.4 Å². The van der Waals surface area contributed by atoms with Crippen LogP contribution in [0.4, 0.5) is 5.69 Å². The molecule has 0 aromatic heterocycles. The van der Waals surface area contributed by atoms with E-state index in [9.17, 15) is 20.6 Å². The summed E-state index contributed by atoms with van der Waals surface area (Å²) in [5.41, 5.74) is 2.67. The minimum Gasteiger partial charge on any atom is -0.415 e. The van der Waals surface area contributed by atoms with Crippen molar-refractivity contribution in [1.29, 1.82) is 15.8 Å². The van der Waals surface area contributed by atoms with Crippen LogP contribution in [-0.4, -0.2) is 39.3 Å². The van der Waals surface area contributed by atoms with E-state index in [4.69, 9.17) is 4.43 Å². The monoisotopic (exact) mass is 549 g/mol. The number of anilines is 1. The van der Waals surface area contributed by atoms with Crippen molar-refractivity contribution in [3.63, 3.8) is 0 Å². The standard InChI is InChI=1S/C32H35N5O2Si/c1-32(2,3)40(5,6)39-19-18-36(4)27-15-12-24(13-16-27)14-17-28-29(22-35)30(26(20-33)21-34)37(31(28)38)23-25-10-8-7-9-11-25/h7-17H,18-19,23H2,1-6H3/b17-14+. The molecule has 0 atom stereocenters. The summed E-state index contributed by atoms with van der Waals surface area (Å²) in [5, 5.41) is 29.2. The number of amides is 1. The van der Waals surface area contributed by atoms with Gasteiger partial charge in [-0.1, -0.05) is 69.3 Å². The number of nitriles is 3. The zero-order chi connectivity index (χ0) is 29.5. The van der Waals surface area contributed by atoms with Gasteiger partial charge in [0.1, 0.15) is 18.2 Å². The molecule has 3 rings (SSSR count). The molecule has 0 bridgehead atoms. The maximum atomic E-state index is 13.4. The van der Waals surface area contributed by atoms with Crippen molar-refractivity contribution in [2.24, 2.45) is 0 Å². The second-order valence-corrected chi connectivity index (χ2v) is 16.0. The molecule has 0 radical (unpaired) electrons. The number of carbonyl (C=O) groups is 1. The fourth-order valence-corrected chi connectivity index (χ4v) is 5.03. The molecule has 8 heteroatoms. The van der Waals surface area contributed by atoms with E-state index in [0.29, 0.717) is 6.61 Å². The fourth-order valence-electron chi connectivity index (χ4n) is 3.99. The summed E-state index contributed by atoms with van der Waals surface area (Å²) in [4.78, 5) is 16.9. The van der Waals surface area contributed by atoms with E-state index >= 15 is 0 Å². The molecule has 0 spiro atoms. The predicted molar refractivity (Wildman–Crippen MR) is 160 cm³/mol. The van der Waals surface area contributed by atoms with Gasteiger partial charge in [-0.15, -0.1) is 0 Å². The lowest BCUT2D eigenvalue weighted by Crippen LogP contribution is -2.42. The number of benzene rings is 2. The zero-order valence-corrected chi connectivity index (χ0v) is 25.0. The molecule has 7 nitrogen and oxygen atoms in total. The number of carbonyl (C=O) groups excluding carboxylic acids is 1. The normalized spacial score (nSPS) is 13.8. The highest BCUT2D eigenvalue weighted by atomic mass is 28.4. The van der Waals surface area contributed by atoms with Gasteiger partial charge in [0.15, 0.2) is 13.9 Å². The summed E-state index contributed by atoms with van der Waals surface area (Å²) < 4.78 is 6.30. The van der Waals surface area contributed by atoms with Gasteiger partial charge in [0, 0.05) is 19.3 Å². The predicted octanol–water partition coefficient (Wildman–Crippen LogP) is 6.32. The number of likely N-dealkylation sites (N-methyl/N-ethyl adjacent to an activating group) is 1. The molecule has 2 aromatic rings. The number of nitrogens with zero attached hydrogens (tertiary/aromatic N) is 5. The molecule has 1 heterocycles. The van der Waals surface area contributed by atoms with E-state index < -0.39 is 14.2 Å². The average molecular weight is 550 g/mol. The van der Waals surface area contributed by atoms with Crippen LogP contribution < -0.4 is 4.90 Å². The Kier molecular flexibility index (Phi) is 9.50. The molecule has 0 N–H and O–H groups in total. The molecule has 0 unspecified atom stereocenters. The summed E-state index contributed by atoms with van der Waals surface area (Å²) in [6.07, 6.45) is 3.35. The number of rotatable bonds is 9. The zero-order valence-electron chi connectivity index (χ0n) is 24.0. The van der Waals surface area contributed by atoms with Crippen molar-refractivity contribution >= 4 is 26.0 Å². The van der Waals surface area contributed by atoms with Gasteiger partial charge < -0.3 is 14.2 Å². The first-order valence-corrected chi connectivity index (χ1v) is 16.0. The summed E-state index contributed by atoms with van der Waals surface area (Å²) in [7, 11) is 0.229. The second kappa shape index (κ2) is 12.6. The largest absolute Gasteiger partial charge is 0.415 e. The highest BCUT2D eigenvalue weighted by Crippen LogP contribution is 2.36. The molecule has 0 saturated carbocycles. The average Bonchev–Trinajstić information content (AvgIpc) is 3.18. The van der Waals surface area contributed by atoms with Crippen LogP contribution in [0, 0.1) is 34.0 Å². The van der Waals surface area contributed by atoms with Gasteiger partial charge in [0.05, 0.1) is 30.0 Å². The molecule has 1 aliphatic heterocycles. The molecule has 1 amide bonds. The topological polar surface area (TPSA) is 104 Å². The lowest BCUT2D eigenvalue weighted by Gasteiger charge is -2.36. The molecule has 40 heavy (non-hydrogen) atoms. The van der Waals surface area contributed by atoms with Crippen LogP contribution in [0.2, 0.25) is 18.1 Å². The van der Waals surface area contributed by atoms with Gasteiger partial charge in [-0.2, -0.15) is 15.8 Å². The number of allylic oxidation sites excluding steroid dienone is 2. The Balaban J connectivity index is 1.79. The maximum Gasteiger partial charge on any atom is 0.260 e. The Labute approximate surface area is 238 Å². The highest BCUT2D eigenvalue weighted by molar-refractivity contribution is 6.74.